The standard InChI is InChI=1S/C15H14N2.C13H22N2/c1-3-7-14(8-4-1)11-16-13-17-12-15-9-5-2-6-10-15;1-3-7-12(8-4-1)14-11-15-13-9-5-2-6-10-13/h1-10H,11-12H2;12-13H,1-10H2. The average Bonchev–Trinajstić information content (AvgIpc) is 2.87. The maximum Gasteiger partial charge on any atom is 0.0899 e. The molecule has 0 N–H and O–H groups in total. The van der Waals surface area contributed by atoms with Gasteiger partial charge < -0.3 is 0 Å². The number of hydrogen-bond acceptors (Lipinski definition) is 4. The second-order valence-electron chi connectivity index (χ2n) is 8.65. The molecule has 0 bridgehead atoms. The molecule has 4 nitrogen and oxygen atoms in total. The van der Waals surface area contributed by atoms with Gasteiger partial charge in [-0.3, -0.25) is 0 Å². The van der Waals surface area contributed by atoms with Gasteiger partial charge in [0.15, 0.2) is 0 Å². The van der Waals surface area contributed by atoms with E-state index in [1.807, 2.05) is 60.7 Å². The third-order valence-corrected chi connectivity index (χ3v) is 5.98. The van der Waals surface area contributed by atoms with Crippen molar-refractivity contribution in [3.63, 3.8) is 0 Å². The molecule has 4 rings (SSSR count). The topological polar surface area (TPSA) is 49.4 Å². The van der Waals surface area contributed by atoms with E-state index in [0.717, 1.165) is 0 Å². The lowest BCUT2D eigenvalue weighted by Crippen LogP contribution is -2.10. The van der Waals surface area contributed by atoms with E-state index in [2.05, 4.69) is 32.0 Å². The Hall–Kier alpha value is -2.80. The van der Waals surface area contributed by atoms with Crippen LogP contribution in [0.2, 0.25) is 0 Å². The first kappa shape index (κ1) is 23.9. The Morgan fingerprint density at radius 2 is 0.938 bits per heavy atom. The van der Waals surface area contributed by atoms with Gasteiger partial charge in [0.1, 0.15) is 0 Å². The van der Waals surface area contributed by atoms with Crippen molar-refractivity contribution in [1.29, 1.82) is 0 Å². The molecule has 0 spiro atoms. The van der Waals surface area contributed by atoms with Gasteiger partial charge in [0, 0.05) is 0 Å². The summed E-state index contributed by atoms with van der Waals surface area (Å²) in [6, 6.07) is 27.0. The minimum atomic E-state index is 0.533. The molecule has 168 valence electrons. The molecule has 2 aromatic carbocycles. The van der Waals surface area contributed by atoms with Crippen LogP contribution in [0.15, 0.2) is 80.6 Å². The Morgan fingerprint density at radius 3 is 1.34 bits per heavy atom. The zero-order valence-electron chi connectivity index (χ0n) is 19.2. The SMILES string of the molecule is C(=NC1CCCCC1)=NC1CCCCC1.C(=NCc1ccccc1)=NCc1ccccc1. The number of hydrogen-bond donors (Lipinski definition) is 0. The molecule has 2 aliphatic rings. The summed E-state index contributed by atoms with van der Waals surface area (Å²) in [5.74, 6) is 0. The van der Waals surface area contributed by atoms with Crippen molar-refractivity contribution < 1.29 is 0 Å². The predicted octanol–water partition coefficient (Wildman–Crippen LogP) is 7.39. The zero-order valence-corrected chi connectivity index (χ0v) is 19.2. The zero-order chi connectivity index (χ0) is 22.1. The lowest BCUT2D eigenvalue weighted by atomic mass is 9.96. The smallest absolute Gasteiger partial charge is 0.0899 e. The third-order valence-electron chi connectivity index (χ3n) is 5.98. The van der Waals surface area contributed by atoms with E-state index in [1.165, 1.54) is 75.3 Å². The third kappa shape index (κ3) is 10.0. The van der Waals surface area contributed by atoms with Crippen LogP contribution < -0.4 is 0 Å². The van der Waals surface area contributed by atoms with Gasteiger partial charge in [-0.25, -0.2) is 20.0 Å². The molecule has 4 heteroatoms. The Morgan fingerprint density at radius 1 is 0.531 bits per heavy atom. The van der Waals surface area contributed by atoms with Crippen molar-refractivity contribution in [2.75, 3.05) is 0 Å². The van der Waals surface area contributed by atoms with E-state index in [-0.39, 0.29) is 0 Å². The molecule has 0 unspecified atom stereocenters. The Labute approximate surface area is 193 Å². The molecule has 0 aromatic heterocycles. The molecule has 0 saturated heterocycles. The number of benzene rings is 2. The van der Waals surface area contributed by atoms with Crippen LogP contribution in [0.3, 0.4) is 0 Å². The fourth-order valence-electron chi connectivity index (χ4n) is 4.09. The molecule has 2 aromatic rings. The van der Waals surface area contributed by atoms with Crippen LogP contribution in [0, 0.1) is 0 Å². The maximum atomic E-state index is 4.46. The van der Waals surface area contributed by atoms with Gasteiger partial charge in [0.05, 0.1) is 37.2 Å². The highest BCUT2D eigenvalue weighted by molar-refractivity contribution is 5.42. The van der Waals surface area contributed by atoms with Gasteiger partial charge in [-0.05, 0) is 36.8 Å². The Kier molecular flexibility index (Phi) is 11.2. The van der Waals surface area contributed by atoms with Gasteiger partial charge in [0.2, 0.25) is 0 Å². The summed E-state index contributed by atoms with van der Waals surface area (Å²) in [5, 5.41) is 0. The predicted molar refractivity (Wildman–Crippen MR) is 134 cm³/mol. The molecule has 0 atom stereocenters. The molecule has 2 aliphatic carbocycles. The van der Waals surface area contributed by atoms with Crippen molar-refractivity contribution in [3.05, 3.63) is 71.8 Å². The van der Waals surface area contributed by atoms with Crippen LogP contribution in [-0.4, -0.2) is 24.1 Å². The highest BCUT2D eigenvalue weighted by Crippen LogP contribution is 2.21. The summed E-state index contributed by atoms with van der Waals surface area (Å²) < 4.78 is 0. The van der Waals surface area contributed by atoms with Gasteiger partial charge in [0.25, 0.3) is 0 Å². The highest BCUT2D eigenvalue weighted by Gasteiger charge is 2.12. The lowest BCUT2D eigenvalue weighted by Gasteiger charge is -2.17. The minimum absolute atomic E-state index is 0.533. The van der Waals surface area contributed by atoms with Crippen LogP contribution in [0.25, 0.3) is 0 Å². The van der Waals surface area contributed by atoms with Crippen LogP contribution in [0.4, 0.5) is 0 Å². The number of aliphatic imine (C=N–C) groups is 4. The van der Waals surface area contributed by atoms with Crippen LogP contribution in [0.1, 0.15) is 75.3 Å². The first-order valence-electron chi connectivity index (χ1n) is 12.2. The van der Waals surface area contributed by atoms with Crippen molar-refractivity contribution in [3.8, 4) is 0 Å². The molecule has 2 saturated carbocycles. The van der Waals surface area contributed by atoms with Gasteiger partial charge in [-0.2, -0.15) is 0 Å². The summed E-state index contributed by atoms with van der Waals surface area (Å²) >= 11 is 0. The second kappa shape index (κ2) is 15.1. The van der Waals surface area contributed by atoms with Gasteiger partial charge in [-0.1, -0.05) is 99.2 Å². The minimum Gasteiger partial charge on any atom is -0.222 e. The quantitative estimate of drug-likeness (QED) is 0.431. The van der Waals surface area contributed by atoms with Crippen molar-refractivity contribution in [2.24, 2.45) is 20.0 Å². The molecular formula is C28H36N4. The maximum absolute atomic E-state index is 4.46. The van der Waals surface area contributed by atoms with E-state index in [4.69, 9.17) is 0 Å². The van der Waals surface area contributed by atoms with Gasteiger partial charge in [-0.15, -0.1) is 0 Å². The second-order valence-corrected chi connectivity index (χ2v) is 8.65. The summed E-state index contributed by atoms with van der Waals surface area (Å²) in [5.41, 5.74) is 2.35. The Balaban J connectivity index is 0.000000182. The van der Waals surface area contributed by atoms with Crippen LogP contribution in [-0.2, 0) is 13.1 Å². The van der Waals surface area contributed by atoms with Gasteiger partial charge >= 0.3 is 0 Å². The van der Waals surface area contributed by atoms with Crippen molar-refractivity contribution in [1.82, 2.24) is 0 Å². The summed E-state index contributed by atoms with van der Waals surface area (Å²) in [4.78, 5) is 17.2. The van der Waals surface area contributed by atoms with E-state index < -0.39 is 0 Å². The fourth-order valence-corrected chi connectivity index (χ4v) is 4.09. The van der Waals surface area contributed by atoms with Crippen LogP contribution in [0.5, 0.6) is 0 Å². The van der Waals surface area contributed by atoms with E-state index in [1.54, 1.807) is 0 Å². The highest BCUT2D eigenvalue weighted by atomic mass is 14.9. The van der Waals surface area contributed by atoms with E-state index >= 15 is 0 Å². The lowest BCUT2D eigenvalue weighted by molar-refractivity contribution is 0.438. The summed E-state index contributed by atoms with van der Waals surface area (Å²) in [6.45, 7) is 1.28. The molecule has 0 radical (unpaired) electrons. The molecule has 0 amide bonds. The van der Waals surface area contributed by atoms with E-state index in [0.29, 0.717) is 25.2 Å². The largest absolute Gasteiger partial charge is 0.222 e. The number of nitrogens with zero attached hydrogens (tertiary/aromatic N) is 4. The Bertz CT molecular complexity index is 799. The normalized spacial score (nSPS) is 16.5. The number of rotatable bonds is 6. The van der Waals surface area contributed by atoms with Crippen molar-refractivity contribution >= 4 is 12.0 Å². The van der Waals surface area contributed by atoms with Crippen LogP contribution >= 0.6 is 0 Å². The fraction of sp³-hybridized carbons (Fsp3) is 0.500. The van der Waals surface area contributed by atoms with Crippen molar-refractivity contribution in [2.45, 2.75) is 89.4 Å². The average molecular weight is 429 g/mol. The van der Waals surface area contributed by atoms with E-state index in [9.17, 15) is 0 Å². The molecule has 2 fully saturated rings. The molecule has 0 aliphatic heterocycles. The summed E-state index contributed by atoms with van der Waals surface area (Å²) in [6.07, 6.45) is 13.2. The molecule has 0 heterocycles. The molecule has 32 heavy (non-hydrogen) atoms. The monoisotopic (exact) mass is 428 g/mol. The summed E-state index contributed by atoms with van der Waals surface area (Å²) in [7, 11) is 0. The first-order chi connectivity index (χ1) is 15.9. The molecular weight excluding hydrogens is 392 g/mol. The first-order valence-corrected chi connectivity index (χ1v) is 12.2.